The molecule has 2 aliphatic rings. The molecule has 0 bridgehead atoms. The van der Waals surface area contributed by atoms with Gasteiger partial charge >= 0.3 is 0 Å². The third-order valence-corrected chi connectivity index (χ3v) is 4.98. The van der Waals surface area contributed by atoms with Crippen molar-refractivity contribution in [3.8, 4) is 0 Å². The Labute approximate surface area is 118 Å². The van der Waals surface area contributed by atoms with E-state index in [1.54, 1.807) is 0 Å². The summed E-state index contributed by atoms with van der Waals surface area (Å²) in [6.45, 7) is 10.3. The van der Waals surface area contributed by atoms with Crippen LogP contribution >= 0.6 is 0 Å². The smallest absolute Gasteiger partial charge is 0.137 e. The van der Waals surface area contributed by atoms with E-state index in [2.05, 4.69) is 25.7 Å². The maximum atomic E-state index is 12.2. The predicted octanol–water partition coefficient (Wildman–Crippen LogP) is 3.75. The predicted molar refractivity (Wildman–Crippen MR) is 80.1 cm³/mol. The fourth-order valence-electron chi connectivity index (χ4n) is 3.48. The Kier molecular flexibility index (Phi) is 5.44. The van der Waals surface area contributed by atoms with E-state index in [9.17, 15) is 4.79 Å². The normalized spacial score (nSPS) is 28.4. The van der Waals surface area contributed by atoms with Gasteiger partial charge in [-0.05, 0) is 56.4 Å². The van der Waals surface area contributed by atoms with E-state index in [1.807, 2.05) is 0 Å². The maximum Gasteiger partial charge on any atom is 0.137 e. The average Bonchev–Trinajstić information content (AvgIpc) is 3.16. The average molecular weight is 265 g/mol. The lowest BCUT2D eigenvalue weighted by molar-refractivity contribution is -0.126. The number of nitrogens with zero attached hydrogens (tertiary/aromatic N) is 1. The van der Waals surface area contributed by atoms with E-state index in [4.69, 9.17) is 0 Å². The number of hydrogen-bond donors (Lipinski definition) is 0. The van der Waals surface area contributed by atoms with Gasteiger partial charge in [-0.25, -0.2) is 0 Å². The van der Waals surface area contributed by atoms with Crippen molar-refractivity contribution in [1.82, 2.24) is 4.90 Å². The van der Waals surface area contributed by atoms with E-state index in [-0.39, 0.29) is 0 Å². The Hall–Kier alpha value is -0.370. The summed E-state index contributed by atoms with van der Waals surface area (Å²) in [6, 6.07) is 0. The first-order valence-corrected chi connectivity index (χ1v) is 8.35. The first-order chi connectivity index (χ1) is 9.10. The third-order valence-electron chi connectivity index (χ3n) is 4.98. The third kappa shape index (κ3) is 4.59. The SMILES string of the molecule is CCCN(CC1CC1)CC1CC(C(C)C)CCC1=O. The van der Waals surface area contributed by atoms with Crippen molar-refractivity contribution in [3.63, 3.8) is 0 Å². The van der Waals surface area contributed by atoms with Crippen molar-refractivity contribution in [1.29, 1.82) is 0 Å². The van der Waals surface area contributed by atoms with Gasteiger partial charge in [-0.3, -0.25) is 4.79 Å². The number of carbonyl (C=O) groups excluding carboxylic acids is 1. The molecule has 19 heavy (non-hydrogen) atoms. The Morgan fingerprint density at radius 1 is 1.21 bits per heavy atom. The fraction of sp³-hybridized carbons (Fsp3) is 0.941. The van der Waals surface area contributed by atoms with Gasteiger partial charge in [0.2, 0.25) is 0 Å². The molecule has 2 nitrogen and oxygen atoms in total. The Balaban J connectivity index is 1.87. The summed E-state index contributed by atoms with van der Waals surface area (Å²) in [7, 11) is 0. The highest BCUT2D eigenvalue weighted by molar-refractivity contribution is 5.82. The van der Waals surface area contributed by atoms with Gasteiger partial charge in [0.1, 0.15) is 5.78 Å². The summed E-state index contributed by atoms with van der Waals surface area (Å²) in [5, 5.41) is 0. The van der Waals surface area contributed by atoms with Gasteiger partial charge in [0, 0.05) is 25.4 Å². The highest BCUT2D eigenvalue weighted by Gasteiger charge is 2.32. The summed E-state index contributed by atoms with van der Waals surface area (Å²) < 4.78 is 0. The van der Waals surface area contributed by atoms with Crippen LogP contribution in [0.2, 0.25) is 0 Å². The molecule has 2 aliphatic carbocycles. The zero-order chi connectivity index (χ0) is 13.8. The van der Waals surface area contributed by atoms with E-state index < -0.39 is 0 Å². The van der Waals surface area contributed by atoms with Crippen molar-refractivity contribution in [3.05, 3.63) is 0 Å². The molecule has 2 atom stereocenters. The van der Waals surface area contributed by atoms with E-state index in [0.717, 1.165) is 43.6 Å². The van der Waals surface area contributed by atoms with E-state index >= 15 is 0 Å². The van der Waals surface area contributed by atoms with Crippen LogP contribution in [0.1, 0.15) is 59.3 Å². The van der Waals surface area contributed by atoms with Crippen molar-refractivity contribution in [2.45, 2.75) is 59.3 Å². The van der Waals surface area contributed by atoms with E-state index in [0.29, 0.717) is 11.7 Å². The second-order valence-corrected chi connectivity index (χ2v) is 7.14. The van der Waals surface area contributed by atoms with Gasteiger partial charge in [0.05, 0.1) is 0 Å². The number of Topliss-reactive ketones (excluding diaryl/α,β-unsaturated/α-hetero) is 1. The molecule has 0 aromatic rings. The second-order valence-electron chi connectivity index (χ2n) is 7.14. The minimum atomic E-state index is 0.325. The zero-order valence-corrected chi connectivity index (χ0v) is 13.0. The molecule has 0 N–H and O–H groups in total. The first kappa shape index (κ1) is 15.0. The molecule has 0 spiro atoms. The molecule has 0 heterocycles. The molecule has 2 rings (SSSR count). The highest BCUT2D eigenvalue weighted by atomic mass is 16.1. The molecule has 0 radical (unpaired) electrons. The van der Waals surface area contributed by atoms with Crippen LogP contribution in [0.15, 0.2) is 0 Å². The second kappa shape index (κ2) is 6.88. The molecule has 0 saturated heterocycles. The summed E-state index contributed by atoms with van der Waals surface area (Å²) in [5.41, 5.74) is 0. The van der Waals surface area contributed by atoms with Gasteiger partial charge in [-0.15, -0.1) is 0 Å². The summed E-state index contributed by atoms with van der Waals surface area (Å²) in [4.78, 5) is 14.7. The summed E-state index contributed by atoms with van der Waals surface area (Å²) in [5.74, 6) is 3.30. The fourth-order valence-corrected chi connectivity index (χ4v) is 3.48. The molecular formula is C17H31NO. The van der Waals surface area contributed by atoms with Gasteiger partial charge in [-0.1, -0.05) is 20.8 Å². The van der Waals surface area contributed by atoms with Crippen molar-refractivity contribution in [2.24, 2.45) is 23.7 Å². The minimum Gasteiger partial charge on any atom is -0.302 e. The monoisotopic (exact) mass is 265 g/mol. The van der Waals surface area contributed by atoms with Gasteiger partial charge in [0.25, 0.3) is 0 Å². The van der Waals surface area contributed by atoms with Crippen LogP contribution in [0.4, 0.5) is 0 Å². The lowest BCUT2D eigenvalue weighted by Gasteiger charge is -2.34. The van der Waals surface area contributed by atoms with Crippen molar-refractivity contribution >= 4 is 5.78 Å². The first-order valence-electron chi connectivity index (χ1n) is 8.35. The molecule has 2 heteroatoms. The van der Waals surface area contributed by atoms with Crippen LogP contribution in [0.3, 0.4) is 0 Å². The topological polar surface area (TPSA) is 20.3 Å². The molecule has 0 amide bonds. The summed E-state index contributed by atoms with van der Waals surface area (Å²) >= 11 is 0. The zero-order valence-electron chi connectivity index (χ0n) is 13.0. The quantitative estimate of drug-likeness (QED) is 0.699. The molecule has 2 saturated carbocycles. The van der Waals surface area contributed by atoms with Crippen LogP contribution in [0, 0.1) is 23.7 Å². The molecule has 2 fully saturated rings. The standard InChI is InChI=1S/C17H31NO/c1-4-9-18(11-14-5-6-14)12-16-10-15(13(2)3)7-8-17(16)19/h13-16H,4-12H2,1-3H3. The molecule has 0 aromatic carbocycles. The lowest BCUT2D eigenvalue weighted by atomic mass is 9.75. The highest BCUT2D eigenvalue weighted by Crippen LogP contribution is 2.34. The van der Waals surface area contributed by atoms with Crippen LogP contribution in [-0.2, 0) is 4.79 Å². The van der Waals surface area contributed by atoms with Crippen molar-refractivity contribution < 1.29 is 4.79 Å². The Bertz CT molecular complexity index is 296. The number of ketones is 1. The summed E-state index contributed by atoms with van der Waals surface area (Å²) in [6.07, 6.45) is 7.13. The minimum absolute atomic E-state index is 0.325. The number of carbonyl (C=O) groups is 1. The van der Waals surface area contributed by atoms with Gasteiger partial charge in [0.15, 0.2) is 0 Å². The molecule has 0 aliphatic heterocycles. The largest absolute Gasteiger partial charge is 0.302 e. The molecule has 0 aromatic heterocycles. The van der Waals surface area contributed by atoms with Crippen LogP contribution in [-0.4, -0.2) is 30.3 Å². The van der Waals surface area contributed by atoms with Gasteiger partial charge < -0.3 is 4.90 Å². The van der Waals surface area contributed by atoms with E-state index in [1.165, 1.54) is 32.4 Å². The molecular weight excluding hydrogens is 234 g/mol. The van der Waals surface area contributed by atoms with Crippen LogP contribution in [0.25, 0.3) is 0 Å². The van der Waals surface area contributed by atoms with Crippen molar-refractivity contribution in [2.75, 3.05) is 19.6 Å². The molecule has 110 valence electrons. The molecule has 2 unspecified atom stereocenters. The van der Waals surface area contributed by atoms with Gasteiger partial charge in [-0.2, -0.15) is 0 Å². The Morgan fingerprint density at radius 2 is 1.95 bits per heavy atom. The Morgan fingerprint density at radius 3 is 2.53 bits per heavy atom. The lowest BCUT2D eigenvalue weighted by Crippen LogP contribution is -2.38. The van der Waals surface area contributed by atoms with Crippen LogP contribution < -0.4 is 0 Å². The van der Waals surface area contributed by atoms with Crippen LogP contribution in [0.5, 0.6) is 0 Å². The number of rotatable bonds is 7. The number of hydrogen-bond acceptors (Lipinski definition) is 2. The maximum absolute atomic E-state index is 12.2.